The molecule has 0 amide bonds. The van der Waals surface area contributed by atoms with Gasteiger partial charge in [-0.25, -0.2) is 0 Å². The maximum absolute atomic E-state index is 12.2. The molecule has 1 fully saturated rings. The van der Waals surface area contributed by atoms with Gasteiger partial charge in [0.25, 0.3) is 0 Å². The first-order valence-electron chi connectivity index (χ1n) is 7.68. The second-order valence-corrected chi connectivity index (χ2v) is 7.64. The number of carboxylic acids is 1. The number of carboxylic acid groups (broad SMARTS) is 1. The van der Waals surface area contributed by atoms with Crippen LogP contribution < -0.4 is 5.73 Å². The molecule has 1 aromatic heterocycles. The normalized spacial score (nSPS) is 24.2. The minimum atomic E-state index is -0.922. The van der Waals surface area contributed by atoms with Gasteiger partial charge in [0.05, 0.1) is 12.1 Å². The molecule has 7 heteroatoms. The van der Waals surface area contributed by atoms with Crippen molar-refractivity contribution in [3.63, 3.8) is 0 Å². The van der Waals surface area contributed by atoms with E-state index in [4.69, 9.17) is 10.5 Å². The van der Waals surface area contributed by atoms with E-state index in [1.54, 1.807) is 11.0 Å². The third kappa shape index (κ3) is 4.53. The molecule has 128 valence electrons. The molecule has 3 unspecified atom stereocenters. The van der Waals surface area contributed by atoms with Gasteiger partial charge in [-0.1, -0.05) is 0 Å². The van der Waals surface area contributed by atoms with Crippen molar-refractivity contribution < 1.29 is 19.4 Å². The van der Waals surface area contributed by atoms with Crippen molar-refractivity contribution in [1.29, 1.82) is 0 Å². The number of hydrogen-bond donors (Lipinski definition) is 2. The largest absolute Gasteiger partial charge is 0.480 e. The van der Waals surface area contributed by atoms with Gasteiger partial charge in [0.2, 0.25) is 0 Å². The summed E-state index contributed by atoms with van der Waals surface area (Å²) in [7, 11) is 0. The summed E-state index contributed by atoms with van der Waals surface area (Å²) < 4.78 is 5.41. The first-order valence-corrected chi connectivity index (χ1v) is 8.62. The second-order valence-electron chi connectivity index (χ2n) is 6.86. The van der Waals surface area contributed by atoms with Gasteiger partial charge in [-0.2, -0.15) is 11.3 Å². The van der Waals surface area contributed by atoms with Crippen molar-refractivity contribution in [2.45, 2.75) is 51.4 Å². The predicted molar refractivity (Wildman–Crippen MR) is 87.9 cm³/mol. The third-order valence-corrected chi connectivity index (χ3v) is 4.55. The second kappa shape index (κ2) is 6.98. The van der Waals surface area contributed by atoms with Gasteiger partial charge in [0, 0.05) is 6.54 Å². The number of carbonyl (C=O) groups excluding carboxylic acids is 1. The number of piperidine rings is 1. The van der Waals surface area contributed by atoms with Crippen molar-refractivity contribution in [2.24, 2.45) is 11.7 Å². The first-order chi connectivity index (χ1) is 10.7. The van der Waals surface area contributed by atoms with E-state index in [1.807, 2.05) is 31.5 Å². The number of rotatable bonds is 4. The lowest BCUT2D eigenvalue weighted by Gasteiger charge is -2.40. The highest BCUT2D eigenvalue weighted by molar-refractivity contribution is 7.08. The van der Waals surface area contributed by atoms with E-state index in [9.17, 15) is 14.7 Å². The zero-order valence-corrected chi connectivity index (χ0v) is 14.5. The first kappa shape index (κ1) is 17.9. The smallest absolute Gasteiger partial charge is 0.325 e. The number of nitrogens with zero attached hydrogens (tertiary/aromatic N) is 1. The molecule has 1 saturated heterocycles. The highest BCUT2D eigenvalue weighted by atomic mass is 32.1. The number of esters is 1. The van der Waals surface area contributed by atoms with Crippen molar-refractivity contribution in [3.05, 3.63) is 22.4 Å². The van der Waals surface area contributed by atoms with Gasteiger partial charge >= 0.3 is 11.9 Å². The Kier molecular flexibility index (Phi) is 5.44. The van der Waals surface area contributed by atoms with E-state index in [0.29, 0.717) is 19.4 Å². The van der Waals surface area contributed by atoms with Gasteiger partial charge in [-0.15, -0.1) is 0 Å². The Morgan fingerprint density at radius 1 is 1.48 bits per heavy atom. The third-order valence-electron chi connectivity index (χ3n) is 3.85. The maximum atomic E-state index is 12.2. The minimum absolute atomic E-state index is 0.255. The summed E-state index contributed by atoms with van der Waals surface area (Å²) in [6.07, 6.45) is 0.474. The predicted octanol–water partition coefficient (Wildman–Crippen LogP) is 2.21. The minimum Gasteiger partial charge on any atom is -0.480 e. The molecule has 3 atom stereocenters. The Bertz CT molecular complexity index is 553. The molecule has 0 spiro atoms. The Morgan fingerprint density at radius 2 is 2.17 bits per heavy atom. The van der Waals surface area contributed by atoms with Gasteiger partial charge in [0.1, 0.15) is 11.6 Å². The van der Waals surface area contributed by atoms with Crippen LogP contribution in [0.5, 0.6) is 0 Å². The molecule has 3 N–H and O–H groups in total. The number of thiophene rings is 1. The highest BCUT2D eigenvalue weighted by Crippen LogP contribution is 2.31. The quantitative estimate of drug-likeness (QED) is 0.816. The molecule has 0 saturated carbocycles. The standard InChI is InChI=1S/C16H24N2O4S/c1-16(2,3)22-15(21)10-4-6-18(12(17)8-10)13(14(19)20)11-5-7-23-9-11/h5,7,9-10,12-13H,4,6,8,17H2,1-3H3,(H,19,20). The van der Waals surface area contributed by atoms with Gasteiger partial charge in [-0.05, 0) is 56.0 Å². The number of likely N-dealkylation sites (tertiary alicyclic amines) is 1. The molecular weight excluding hydrogens is 316 g/mol. The molecule has 1 aromatic rings. The number of carbonyl (C=O) groups is 2. The molecule has 23 heavy (non-hydrogen) atoms. The van der Waals surface area contributed by atoms with E-state index in [0.717, 1.165) is 5.56 Å². The van der Waals surface area contributed by atoms with Crippen LogP contribution in [0.15, 0.2) is 16.8 Å². The molecule has 0 bridgehead atoms. The Hall–Kier alpha value is -1.44. The van der Waals surface area contributed by atoms with Crippen molar-refractivity contribution in [3.8, 4) is 0 Å². The molecule has 0 aliphatic carbocycles. The number of nitrogens with two attached hydrogens (primary N) is 1. The fourth-order valence-electron chi connectivity index (χ4n) is 2.84. The van der Waals surface area contributed by atoms with Crippen LogP contribution in [0.4, 0.5) is 0 Å². The SMILES string of the molecule is CC(C)(C)OC(=O)C1CCN(C(C(=O)O)c2ccsc2)C(N)C1. The van der Waals surface area contributed by atoms with Crippen LogP contribution >= 0.6 is 11.3 Å². The van der Waals surface area contributed by atoms with Crippen molar-refractivity contribution in [2.75, 3.05) is 6.54 Å². The average Bonchev–Trinajstić information content (AvgIpc) is 2.92. The lowest BCUT2D eigenvalue weighted by atomic mass is 9.92. The number of ether oxygens (including phenoxy) is 1. The van der Waals surface area contributed by atoms with Gasteiger partial charge in [0.15, 0.2) is 0 Å². The molecule has 0 radical (unpaired) electrons. The molecule has 6 nitrogen and oxygen atoms in total. The topological polar surface area (TPSA) is 92.9 Å². The maximum Gasteiger partial charge on any atom is 0.325 e. The van der Waals surface area contributed by atoms with Crippen LogP contribution in [0.1, 0.15) is 45.2 Å². The fraction of sp³-hybridized carbons (Fsp3) is 0.625. The molecule has 1 aliphatic heterocycles. The molecule has 2 heterocycles. The summed E-state index contributed by atoms with van der Waals surface area (Å²) >= 11 is 1.46. The van der Waals surface area contributed by atoms with E-state index in [2.05, 4.69) is 0 Å². The zero-order valence-electron chi connectivity index (χ0n) is 13.7. The fourth-order valence-corrected chi connectivity index (χ4v) is 3.52. The number of hydrogen-bond acceptors (Lipinski definition) is 6. The lowest BCUT2D eigenvalue weighted by molar-refractivity contribution is -0.163. The van der Waals surface area contributed by atoms with E-state index in [-0.39, 0.29) is 11.9 Å². The number of aliphatic carboxylic acids is 1. The lowest BCUT2D eigenvalue weighted by Crippen LogP contribution is -2.52. The summed E-state index contributed by atoms with van der Waals surface area (Å²) in [6, 6.07) is 1.03. The summed E-state index contributed by atoms with van der Waals surface area (Å²) in [4.78, 5) is 25.6. The van der Waals surface area contributed by atoms with Crippen LogP contribution in [0, 0.1) is 5.92 Å². The Morgan fingerprint density at radius 3 is 2.65 bits per heavy atom. The van der Waals surface area contributed by atoms with E-state index in [1.165, 1.54) is 11.3 Å². The van der Waals surface area contributed by atoms with Crippen molar-refractivity contribution in [1.82, 2.24) is 4.90 Å². The van der Waals surface area contributed by atoms with Crippen LogP contribution in [-0.4, -0.2) is 40.3 Å². The van der Waals surface area contributed by atoms with E-state index < -0.39 is 23.8 Å². The molecular formula is C16H24N2O4S. The van der Waals surface area contributed by atoms with Gasteiger partial charge < -0.3 is 15.6 Å². The summed E-state index contributed by atoms with van der Waals surface area (Å²) in [6.45, 7) is 5.95. The monoisotopic (exact) mass is 340 g/mol. The Balaban J connectivity index is 2.06. The van der Waals surface area contributed by atoms with Crippen LogP contribution in [0.3, 0.4) is 0 Å². The van der Waals surface area contributed by atoms with Crippen LogP contribution in [0.25, 0.3) is 0 Å². The van der Waals surface area contributed by atoms with Crippen LogP contribution in [-0.2, 0) is 14.3 Å². The highest BCUT2D eigenvalue weighted by Gasteiger charge is 2.38. The summed E-state index contributed by atoms with van der Waals surface area (Å²) in [5, 5.41) is 13.2. The molecule has 2 rings (SSSR count). The Labute approximate surface area is 140 Å². The molecule has 1 aliphatic rings. The zero-order chi connectivity index (χ0) is 17.2. The van der Waals surface area contributed by atoms with E-state index >= 15 is 0 Å². The average molecular weight is 340 g/mol. The van der Waals surface area contributed by atoms with Gasteiger partial charge in [-0.3, -0.25) is 14.5 Å². The molecule has 0 aromatic carbocycles. The summed E-state index contributed by atoms with van der Waals surface area (Å²) in [5.74, 6) is -1.46. The van der Waals surface area contributed by atoms with Crippen LogP contribution in [0.2, 0.25) is 0 Å². The van der Waals surface area contributed by atoms with Crippen molar-refractivity contribution >= 4 is 23.3 Å². The summed E-state index contributed by atoms with van der Waals surface area (Å²) in [5.41, 5.74) is 6.38.